The molecular weight excluding hydrogens is 216 g/mol. The quantitative estimate of drug-likeness (QED) is 0.747. The number of hydrogen-bond acceptors (Lipinski definition) is 2. The van der Waals surface area contributed by atoms with Crippen LogP contribution in [0.15, 0.2) is 24.4 Å². The second-order valence-electron chi connectivity index (χ2n) is 3.21. The van der Waals surface area contributed by atoms with Crippen LogP contribution in [0.3, 0.4) is 0 Å². The summed E-state index contributed by atoms with van der Waals surface area (Å²) in [7, 11) is 0. The first kappa shape index (κ1) is 10.6. The van der Waals surface area contributed by atoms with Crippen LogP contribution in [0.2, 0.25) is 0 Å². The molecule has 1 aromatic heterocycles. The summed E-state index contributed by atoms with van der Waals surface area (Å²) in [6, 6.07) is 3.35. The summed E-state index contributed by atoms with van der Waals surface area (Å²) in [6.07, 6.45) is 0.675. The monoisotopic (exact) mass is 225 g/mol. The number of hydrogen-bond donors (Lipinski definition) is 0. The van der Waals surface area contributed by atoms with Crippen molar-refractivity contribution in [2.24, 2.45) is 0 Å². The van der Waals surface area contributed by atoms with Crippen LogP contribution in [0, 0.1) is 11.6 Å². The third kappa shape index (κ3) is 1.64. The number of carbonyl (C=O) groups excluding carboxylic acids is 1. The normalized spacial score (nSPS) is 10.7. The summed E-state index contributed by atoms with van der Waals surface area (Å²) in [5.41, 5.74) is 0.0276. The largest absolute Gasteiger partial charge is 0.449 e. The molecule has 0 aliphatic carbocycles. The molecule has 3 nitrogen and oxygen atoms in total. The van der Waals surface area contributed by atoms with Gasteiger partial charge in [-0.15, -0.1) is 0 Å². The number of nitrogens with zero attached hydrogens (tertiary/aromatic N) is 1. The lowest BCUT2D eigenvalue weighted by Crippen LogP contribution is -2.12. The molecule has 0 bridgehead atoms. The first-order chi connectivity index (χ1) is 7.63. The van der Waals surface area contributed by atoms with Crippen molar-refractivity contribution in [3.8, 4) is 0 Å². The third-order valence-corrected chi connectivity index (χ3v) is 2.17. The molecule has 0 spiro atoms. The van der Waals surface area contributed by atoms with Crippen molar-refractivity contribution in [1.82, 2.24) is 4.57 Å². The van der Waals surface area contributed by atoms with Gasteiger partial charge in [-0.3, -0.25) is 0 Å². The van der Waals surface area contributed by atoms with E-state index in [0.29, 0.717) is 5.39 Å². The van der Waals surface area contributed by atoms with Crippen LogP contribution >= 0.6 is 0 Å². The van der Waals surface area contributed by atoms with Gasteiger partial charge in [-0.1, -0.05) is 0 Å². The van der Waals surface area contributed by atoms with Gasteiger partial charge in [0.05, 0.1) is 12.1 Å². The van der Waals surface area contributed by atoms with Crippen LogP contribution in [-0.2, 0) is 4.74 Å². The molecule has 0 atom stereocenters. The lowest BCUT2D eigenvalue weighted by molar-refractivity contribution is 0.155. The lowest BCUT2D eigenvalue weighted by atomic mass is 10.2. The summed E-state index contributed by atoms with van der Waals surface area (Å²) >= 11 is 0. The van der Waals surface area contributed by atoms with Crippen molar-refractivity contribution in [3.63, 3.8) is 0 Å². The molecule has 0 amide bonds. The van der Waals surface area contributed by atoms with Crippen molar-refractivity contribution < 1.29 is 18.3 Å². The zero-order chi connectivity index (χ0) is 11.7. The first-order valence-electron chi connectivity index (χ1n) is 4.76. The Hall–Kier alpha value is -1.91. The number of benzene rings is 1. The average molecular weight is 225 g/mol. The van der Waals surface area contributed by atoms with Gasteiger partial charge >= 0.3 is 6.09 Å². The zero-order valence-corrected chi connectivity index (χ0v) is 8.54. The fourth-order valence-corrected chi connectivity index (χ4v) is 1.54. The Labute approximate surface area is 90.2 Å². The molecule has 0 N–H and O–H groups in total. The number of ether oxygens (including phenoxy) is 1. The molecule has 16 heavy (non-hydrogen) atoms. The predicted octanol–water partition coefficient (Wildman–Crippen LogP) is 2.92. The summed E-state index contributed by atoms with van der Waals surface area (Å²) in [6.45, 7) is 1.85. The maximum absolute atomic E-state index is 13.5. The summed E-state index contributed by atoms with van der Waals surface area (Å²) in [5, 5.41) is 0.325. The van der Waals surface area contributed by atoms with Crippen LogP contribution in [0.5, 0.6) is 0 Å². The van der Waals surface area contributed by atoms with Gasteiger partial charge in [-0.05, 0) is 19.1 Å². The molecule has 0 fully saturated rings. The average Bonchev–Trinajstić information content (AvgIpc) is 2.61. The minimum absolute atomic E-state index is 0.0276. The molecule has 0 saturated carbocycles. The van der Waals surface area contributed by atoms with Crippen LogP contribution in [0.25, 0.3) is 10.9 Å². The molecule has 5 heteroatoms. The minimum Gasteiger partial charge on any atom is -0.449 e. The predicted molar refractivity (Wildman–Crippen MR) is 54.3 cm³/mol. The first-order valence-corrected chi connectivity index (χ1v) is 4.76. The van der Waals surface area contributed by atoms with Gasteiger partial charge in [0.15, 0.2) is 5.82 Å². The van der Waals surface area contributed by atoms with E-state index in [1.165, 1.54) is 12.3 Å². The van der Waals surface area contributed by atoms with E-state index in [-0.39, 0.29) is 12.1 Å². The molecule has 0 aliphatic heterocycles. The second-order valence-corrected chi connectivity index (χ2v) is 3.21. The highest BCUT2D eigenvalue weighted by Crippen LogP contribution is 2.21. The van der Waals surface area contributed by atoms with Crippen LogP contribution in [-0.4, -0.2) is 17.3 Å². The maximum atomic E-state index is 13.5. The highest BCUT2D eigenvalue weighted by molar-refractivity contribution is 5.89. The van der Waals surface area contributed by atoms with Crippen LogP contribution in [0.1, 0.15) is 6.92 Å². The van der Waals surface area contributed by atoms with Gasteiger partial charge in [0.2, 0.25) is 0 Å². The Bertz CT molecular complexity index is 548. The number of rotatable bonds is 1. The molecule has 2 rings (SSSR count). The Balaban J connectivity index is 2.60. The molecule has 0 radical (unpaired) electrons. The maximum Gasteiger partial charge on any atom is 0.418 e. The molecule has 1 heterocycles. The molecule has 0 saturated heterocycles. The van der Waals surface area contributed by atoms with Crippen molar-refractivity contribution in [3.05, 3.63) is 36.0 Å². The summed E-state index contributed by atoms with van der Waals surface area (Å²) in [5.74, 6) is -1.46. The van der Waals surface area contributed by atoms with E-state index in [2.05, 4.69) is 0 Å². The minimum atomic E-state index is -0.784. The number of aromatic nitrogens is 1. The summed E-state index contributed by atoms with van der Waals surface area (Å²) in [4.78, 5) is 11.4. The third-order valence-electron chi connectivity index (χ3n) is 2.17. The summed E-state index contributed by atoms with van der Waals surface area (Å²) < 4.78 is 32.1. The number of fused-ring (bicyclic) bond motifs is 1. The van der Waals surface area contributed by atoms with Crippen molar-refractivity contribution in [1.29, 1.82) is 0 Å². The second kappa shape index (κ2) is 3.92. The van der Waals surface area contributed by atoms with E-state index in [1.807, 2.05) is 0 Å². The van der Waals surface area contributed by atoms with Crippen molar-refractivity contribution in [2.45, 2.75) is 6.92 Å². The lowest BCUT2D eigenvalue weighted by Gasteiger charge is -2.04. The molecular formula is C11H9F2NO2. The smallest absolute Gasteiger partial charge is 0.418 e. The fraction of sp³-hybridized carbons (Fsp3) is 0.182. The van der Waals surface area contributed by atoms with Crippen molar-refractivity contribution >= 4 is 17.0 Å². The van der Waals surface area contributed by atoms with Crippen molar-refractivity contribution in [2.75, 3.05) is 6.61 Å². The number of carbonyl (C=O) groups is 1. The molecule has 84 valence electrons. The van der Waals surface area contributed by atoms with Crippen LogP contribution in [0.4, 0.5) is 13.6 Å². The van der Waals surface area contributed by atoms with Gasteiger partial charge in [0.25, 0.3) is 0 Å². The fourth-order valence-electron chi connectivity index (χ4n) is 1.54. The Morgan fingerprint density at radius 1 is 1.44 bits per heavy atom. The zero-order valence-electron chi connectivity index (χ0n) is 8.54. The van der Waals surface area contributed by atoms with Gasteiger partial charge in [-0.2, -0.15) is 0 Å². The molecule has 2 aromatic rings. The SMILES string of the molecule is CCOC(=O)n1ccc2cc(F)cc(F)c21. The van der Waals surface area contributed by atoms with E-state index in [9.17, 15) is 13.6 Å². The van der Waals surface area contributed by atoms with E-state index in [4.69, 9.17) is 4.74 Å². The number of halogens is 2. The van der Waals surface area contributed by atoms with Gasteiger partial charge in [0.1, 0.15) is 5.82 Å². The van der Waals surface area contributed by atoms with E-state index >= 15 is 0 Å². The van der Waals surface area contributed by atoms with Gasteiger partial charge in [-0.25, -0.2) is 18.1 Å². The standard InChI is InChI=1S/C11H9F2NO2/c1-2-16-11(15)14-4-3-7-5-8(12)6-9(13)10(7)14/h3-6H,2H2,1H3. The van der Waals surface area contributed by atoms with Crippen LogP contribution < -0.4 is 0 Å². The molecule has 1 aromatic carbocycles. The molecule has 0 aliphatic rings. The van der Waals surface area contributed by atoms with E-state index in [0.717, 1.165) is 16.7 Å². The van der Waals surface area contributed by atoms with Gasteiger partial charge < -0.3 is 4.74 Å². The highest BCUT2D eigenvalue weighted by atomic mass is 19.1. The van der Waals surface area contributed by atoms with Gasteiger partial charge in [0, 0.05) is 17.6 Å². The van der Waals surface area contributed by atoms with E-state index < -0.39 is 17.7 Å². The Kier molecular flexibility index (Phi) is 2.60. The topological polar surface area (TPSA) is 31.2 Å². The Morgan fingerprint density at radius 3 is 2.88 bits per heavy atom. The van der Waals surface area contributed by atoms with E-state index in [1.54, 1.807) is 6.92 Å². The molecule has 0 unspecified atom stereocenters. The Morgan fingerprint density at radius 2 is 2.19 bits per heavy atom. The highest BCUT2D eigenvalue weighted by Gasteiger charge is 2.14.